The van der Waals surface area contributed by atoms with Crippen LogP contribution in [0.5, 0.6) is 0 Å². The lowest BCUT2D eigenvalue weighted by atomic mass is 10.0. The summed E-state index contributed by atoms with van der Waals surface area (Å²) in [4.78, 5) is 53.1. The lowest BCUT2D eigenvalue weighted by molar-refractivity contribution is -0.157. The molecule has 3 amide bonds. The molecule has 2 heterocycles. The summed E-state index contributed by atoms with van der Waals surface area (Å²) in [6.07, 6.45) is 2.25. The first-order valence-corrected chi connectivity index (χ1v) is 8.44. The van der Waals surface area contributed by atoms with Gasteiger partial charge in [0.2, 0.25) is 5.91 Å². The Hall–Kier alpha value is -2.12. The van der Waals surface area contributed by atoms with E-state index in [4.69, 9.17) is 0 Å². The summed E-state index contributed by atoms with van der Waals surface area (Å²) >= 11 is 0. The fourth-order valence-corrected chi connectivity index (χ4v) is 3.13. The van der Waals surface area contributed by atoms with Gasteiger partial charge in [0.15, 0.2) is 0 Å². The number of piperazine rings is 1. The van der Waals surface area contributed by atoms with Gasteiger partial charge in [-0.25, -0.2) is 0 Å². The topological polar surface area (TPSA) is 87.2 Å². The van der Waals surface area contributed by atoms with E-state index in [1.165, 1.54) is 12.0 Å². The van der Waals surface area contributed by atoms with Crippen molar-refractivity contribution in [1.82, 2.24) is 14.7 Å². The van der Waals surface area contributed by atoms with Crippen LogP contribution in [0.3, 0.4) is 0 Å². The molecule has 0 aliphatic carbocycles. The van der Waals surface area contributed by atoms with Crippen LogP contribution in [-0.4, -0.2) is 84.8 Å². The van der Waals surface area contributed by atoms with Gasteiger partial charge in [-0.05, 0) is 19.3 Å². The van der Waals surface area contributed by atoms with E-state index in [0.29, 0.717) is 45.7 Å². The minimum atomic E-state index is -0.802. The van der Waals surface area contributed by atoms with Crippen molar-refractivity contribution in [2.24, 2.45) is 5.92 Å². The van der Waals surface area contributed by atoms with Gasteiger partial charge in [-0.1, -0.05) is 6.92 Å². The maximum Gasteiger partial charge on any atom is 0.318 e. The van der Waals surface area contributed by atoms with Crippen LogP contribution in [0.1, 0.15) is 26.2 Å². The molecule has 0 N–H and O–H groups in total. The molecule has 0 radical (unpaired) electrons. The highest BCUT2D eigenvalue weighted by Gasteiger charge is 2.35. The summed E-state index contributed by atoms with van der Waals surface area (Å²) in [6, 6.07) is 0. The monoisotopic (exact) mass is 339 g/mol. The van der Waals surface area contributed by atoms with E-state index in [1.807, 2.05) is 0 Å². The molecule has 0 bridgehead atoms. The van der Waals surface area contributed by atoms with Crippen LogP contribution < -0.4 is 0 Å². The van der Waals surface area contributed by atoms with Gasteiger partial charge in [-0.2, -0.15) is 0 Å². The quantitative estimate of drug-likeness (QED) is 0.392. The lowest BCUT2D eigenvalue weighted by Gasteiger charge is -2.36. The summed E-state index contributed by atoms with van der Waals surface area (Å²) in [5.41, 5.74) is 0. The van der Waals surface area contributed by atoms with E-state index in [1.54, 1.807) is 16.7 Å². The SMILES string of the molecule is CCC(C(=O)OC)C(=O)N1CCN(C(=O)C(=O)N2CCCC2)CC1. The number of rotatable bonds is 3. The number of hydrogen-bond acceptors (Lipinski definition) is 5. The van der Waals surface area contributed by atoms with Crippen molar-refractivity contribution in [2.45, 2.75) is 26.2 Å². The number of nitrogens with zero attached hydrogens (tertiary/aromatic N) is 3. The molecule has 8 nitrogen and oxygen atoms in total. The second-order valence-corrected chi connectivity index (χ2v) is 6.10. The number of amides is 3. The Morgan fingerprint density at radius 2 is 1.29 bits per heavy atom. The van der Waals surface area contributed by atoms with Gasteiger partial charge in [0.05, 0.1) is 7.11 Å². The molecule has 2 aliphatic heterocycles. The minimum absolute atomic E-state index is 0.276. The number of carbonyl (C=O) groups excluding carboxylic acids is 4. The van der Waals surface area contributed by atoms with E-state index in [2.05, 4.69) is 4.74 Å². The van der Waals surface area contributed by atoms with Crippen LogP contribution in [-0.2, 0) is 23.9 Å². The van der Waals surface area contributed by atoms with Gasteiger partial charge in [-0.3, -0.25) is 19.2 Å². The molecule has 8 heteroatoms. The highest BCUT2D eigenvalue weighted by Crippen LogP contribution is 2.14. The third-order valence-electron chi connectivity index (χ3n) is 4.65. The zero-order valence-corrected chi connectivity index (χ0v) is 14.3. The average molecular weight is 339 g/mol. The number of ether oxygens (including phenoxy) is 1. The molecule has 1 unspecified atom stereocenters. The molecule has 2 fully saturated rings. The zero-order chi connectivity index (χ0) is 17.7. The molecule has 0 spiro atoms. The Morgan fingerprint density at radius 3 is 1.75 bits per heavy atom. The van der Waals surface area contributed by atoms with Crippen LogP contribution in [0.15, 0.2) is 0 Å². The molecule has 2 aliphatic rings. The molecule has 134 valence electrons. The van der Waals surface area contributed by atoms with Gasteiger partial charge in [0, 0.05) is 39.3 Å². The lowest BCUT2D eigenvalue weighted by Crippen LogP contribution is -2.55. The van der Waals surface area contributed by atoms with Crippen molar-refractivity contribution in [3.63, 3.8) is 0 Å². The smallest absolute Gasteiger partial charge is 0.318 e. The van der Waals surface area contributed by atoms with Crippen molar-refractivity contribution in [2.75, 3.05) is 46.4 Å². The summed E-state index contributed by atoms with van der Waals surface area (Å²) < 4.78 is 4.66. The Kier molecular flexibility index (Phi) is 6.16. The average Bonchev–Trinajstić information content (AvgIpc) is 3.15. The van der Waals surface area contributed by atoms with Crippen molar-refractivity contribution in [3.05, 3.63) is 0 Å². The molecule has 0 aromatic rings. The van der Waals surface area contributed by atoms with E-state index >= 15 is 0 Å². The van der Waals surface area contributed by atoms with Gasteiger partial charge in [0.25, 0.3) is 0 Å². The molecular weight excluding hydrogens is 314 g/mol. The van der Waals surface area contributed by atoms with Crippen molar-refractivity contribution < 1.29 is 23.9 Å². The fourth-order valence-electron chi connectivity index (χ4n) is 3.13. The second kappa shape index (κ2) is 8.12. The maximum atomic E-state index is 12.4. The van der Waals surface area contributed by atoms with Crippen molar-refractivity contribution >= 4 is 23.7 Å². The van der Waals surface area contributed by atoms with E-state index < -0.39 is 23.7 Å². The Balaban J connectivity index is 1.88. The maximum absolute atomic E-state index is 12.4. The van der Waals surface area contributed by atoms with Gasteiger partial charge in [-0.15, -0.1) is 0 Å². The fraction of sp³-hybridized carbons (Fsp3) is 0.750. The molecule has 0 saturated carbocycles. The van der Waals surface area contributed by atoms with E-state index in [9.17, 15) is 19.2 Å². The molecule has 1 atom stereocenters. The number of hydrogen-bond donors (Lipinski definition) is 0. The second-order valence-electron chi connectivity index (χ2n) is 6.10. The number of carbonyl (C=O) groups is 4. The summed E-state index contributed by atoms with van der Waals surface area (Å²) in [6.45, 7) is 4.30. The predicted molar refractivity (Wildman–Crippen MR) is 84.8 cm³/mol. The van der Waals surface area contributed by atoms with Gasteiger partial charge < -0.3 is 19.4 Å². The first-order valence-electron chi connectivity index (χ1n) is 8.44. The highest BCUT2D eigenvalue weighted by molar-refractivity contribution is 6.35. The molecule has 0 aromatic heterocycles. The van der Waals surface area contributed by atoms with Crippen LogP contribution in [0, 0.1) is 5.92 Å². The third kappa shape index (κ3) is 3.85. The molecule has 2 saturated heterocycles. The van der Waals surface area contributed by atoms with Crippen LogP contribution >= 0.6 is 0 Å². The van der Waals surface area contributed by atoms with Crippen LogP contribution in [0.2, 0.25) is 0 Å². The van der Waals surface area contributed by atoms with E-state index in [0.717, 1.165) is 12.8 Å². The van der Waals surface area contributed by atoms with Crippen molar-refractivity contribution in [1.29, 1.82) is 0 Å². The number of esters is 1. The third-order valence-corrected chi connectivity index (χ3v) is 4.65. The predicted octanol–water partition coefficient (Wildman–Crippen LogP) is -0.521. The summed E-state index contributed by atoms with van der Waals surface area (Å²) in [5, 5.41) is 0. The molecule has 2 rings (SSSR count). The summed E-state index contributed by atoms with van der Waals surface area (Å²) in [5.74, 6) is -2.56. The standard InChI is InChI=1S/C16H25N3O5/c1-3-12(16(23)24-2)13(20)18-8-10-19(11-9-18)15(22)14(21)17-6-4-5-7-17/h12H,3-11H2,1-2H3. The first-order chi connectivity index (χ1) is 11.5. The van der Waals surface area contributed by atoms with Crippen LogP contribution in [0.25, 0.3) is 0 Å². The number of likely N-dealkylation sites (tertiary alicyclic amines) is 1. The van der Waals surface area contributed by atoms with Crippen molar-refractivity contribution in [3.8, 4) is 0 Å². The minimum Gasteiger partial charge on any atom is -0.468 e. The Labute approximate surface area is 141 Å². The first kappa shape index (κ1) is 18.2. The Morgan fingerprint density at radius 1 is 0.833 bits per heavy atom. The van der Waals surface area contributed by atoms with Gasteiger partial charge >= 0.3 is 17.8 Å². The Bertz CT molecular complexity index is 508. The molecule has 24 heavy (non-hydrogen) atoms. The number of methoxy groups -OCH3 is 1. The summed E-state index contributed by atoms with van der Waals surface area (Å²) in [7, 11) is 1.26. The van der Waals surface area contributed by atoms with Crippen LogP contribution in [0.4, 0.5) is 0 Å². The highest BCUT2D eigenvalue weighted by atomic mass is 16.5. The van der Waals surface area contributed by atoms with Gasteiger partial charge in [0.1, 0.15) is 5.92 Å². The molecule has 0 aromatic carbocycles. The van der Waals surface area contributed by atoms with E-state index in [-0.39, 0.29) is 5.91 Å². The molecular formula is C16H25N3O5. The normalized spacial score (nSPS) is 19.2. The largest absolute Gasteiger partial charge is 0.468 e. The zero-order valence-electron chi connectivity index (χ0n) is 14.3.